The first-order valence-corrected chi connectivity index (χ1v) is 12.8. The maximum absolute atomic E-state index is 12.5. The summed E-state index contributed by atoms with van der Waals surface area (Å²) in [5.41, 5.74) is 0.650. The van der Waals surface area contributed by atoms with E-state index in [9.17, 15) is 9.90 Å². The Morgan fingerprint density at radius 1 is 1.19 bits per heavy atom. The van der Waals surface area contributed by atoms with Crippen molar-refractivity contribution in [2.75, 3.05) is 25.5 Å². The van der Waals surface area contributed by atoms with Gasteiger partial charge in [-0.1, -0.05) is 19.9 Å². The number of pyridine rings is 1. The van der Waals surface area contributed by atoms with E-state index in [1.807, 2.05) is 52.8 Å². The Bertz CT molecular complexity index is 1210. The zero-order chi connectivity index (χ0) is 27.4. The molecule has 0 radical (unpaired) electrons. The summed E-state index contributed by atoms with van der Waals surface area (Å²) in [5.74, 6) is 1.17. The number of nitrogens with one attached hydrogen (secondary N) is 1. The van der Waals surface area contributed by atoms with Crippen molar-refractivity contribution in [3.8, 4) is 17.1 Å². The Morgan fingerprint density at radius 2 is 1.92 bits per heavy atom. The highest BCUT2D eigenvalue weighted by molar-refractivity contribution is 5.68. The Morgan fingerprint density at radius 3 is 2.57 bits per heavy atom. The van der Waals surface area contributed by atoms with Crippen LogP contribution in [0.15, 0.2) is 30.5 Å². The number of anilines is 1. The number of amides is 1. The summed E-state index contributed by atoms with van der Waals surface area (Å²) in [6.45, 7) is 14.2. The van der Waals surface area contributed by atoms with Crippen molar-refractivity contribution in [2.24, 2.45) is 0 Å². The minimum Gasteiger partial charge on any atom is -0.495 e. The SMILES string of the molecule is CC.COc1cc2ncc(-c3cccc(NC4CCCN(C(=O)OC(C)(C)C)C4)n3)n2nc1C(C)(C)O. The van der Waals surface area contributed by atoms with Gasteiger partial charge in [0.1, 0.15) is 34.2 Å². The number of piperidine rings is 1. The number of likely N-dealkylation sites (tertiary alicyclic amines) is 1. The number of imidazole rings is 1. The van der Waals surface area contributed by atoms with E-state index in [4.69, 9.17) is 14.5 Å². The normalized spacial score (nSPS) is 16.1. The van der Waals surface area contributed by atoms with Crippen molar-refractivity contribution >= 4 is 17.6 Å². The van der Waals surface area contributed by atoms with Crippen LogP contribution < -0.4 is 10.1 Å². The molecule has 1 atom stereocenters. The Balaban J connectivity index is 0.00000186. The number of nitrogens with zero attached hydrogens (tertiary/aromatic N) is 5. The number of carbonyl (C=O) groups excluding carboxylic acids is 1. The third kappa shape index (κ3) is 6.88. The molecule has 1 aliphatic rings. The molecule has 3 aromatic heterocycles. The lowest BCUT2D eigenvalue weighted by Gasteiger charge is -2.34. The Hall–Kier alpha value is -3.40. The minimum absolute atomic E-state index is 0.0605. The number of hydrogen-bond acceptors (Lipinski definition) is 8. The lowest BCUT2D eigenvalue weighted by Crippen LogP contribution is -2.47. The molecular weight excluding hydrogens is 472 g/mol. The van der Waals surface area contributed by atoms with Gasteiger partial charge in [-0.3, -0.25) is 0 Å². The zero-order valence-electron chi connectivity index (χ0n) is 23.2. The topological polar surface area (TPSA) is 114 Å². The largest absolute Gasteiger partial charge is 0.495 e. The highest BCUT2D eigenvalue weighted by Gasteiger charge is 2.28. The lowest BCUT2D eigenvalue weighted by molar-refractivity contribution is 0.0206. The van der Waals surface area contributed by atoms with Crippen LogP contribution >= 0.6 is 0 Å². The van der Waals surface area contributed by atoms with E-state index in [2.05, 4.69) is 15.4 Å². The summed E-state index contributed by atoms with van der Waals surface area (Å²) in [6.07, 6.45) is 3.22. The lowest BCUT2D eigenvalue weighted by atomic mass is 10.0. The van der Waals surface area contributed by atoms with Crippen LogP contribution in [0.4, 0.5) is 10.6 Å². The van der Waals surface area contributed by atoms with Gasteiger partial charge < -0.3 is 24.8 Å². The van der Waals surface area contributed by atoms with E-state index >= 15 is 0 Å². The summed E-state index contributed by atoms with van der Waals surface area (Å²) in [6, 6.07) is 7.51. The summed E-state index contributed by atoms with van der Waals surface area (Å²) in [5, 5.41) is 18.7. The quantitative estimate of drug-likeness (QED) is 0.498. The smallest absolute Gasteiger partial charge is 0.410 e. The van der Waals surface area contributed by atoms with Crippen molar-refractivity contribution in [1.29, 1.82) is 0 Å². The van der Waals surface area contributed by atoms with Gasteiger partial charge in [0.2, 0.25) is 0 Å². The van der Waals surface area contributed by atoms with E-state index < -0.39 is 11.2 Å². The van der Waals surface area contributed by atoms with E-state index in [1.165, 1.54) is 0 Å². The molecule has 0 saturated carbocycles. The van der Waals surface area contributed by atoms with Gasteiger partial charge in [-0.05, 0) is 59.6 Å². The van der Waals surface area contributed by atoms with Crippen LogP contribution in [0.5, 0.6) is 5.75 Å². The molecule has 1 aliphatic heterocycles. The maximum atomic E-state index is 12.5. The van der Waals surface area contributed by atoms with E-state index in [1.54, 1.807) is 42.6 Å². The van der Waals surface area contributed by atoms with Gasteiger partial charge in [0.15, 0.2) is 5.65 Å². The number of hydrogen-bond donors (Lipinski definition) is 2. The molecule has 1 unspecified atom stereocenters. The van der Waals surface area contributed by atoms with Crippen molar-refractivity contribution in [2.45, 2.75) is 78.6 Å². The van der Waals surface area contributed by atoms with Crippen LogP contribution in [-0.2, 0) is 10.3 Å². The fourth-order valence-corrected chi connectivity index (χ4v) is 4.11. The summed E-state index contributed by atoms with van der Waals surface area (Å²) < 4.78 is 12.6. The first kappa shape index (κ1) is 28.2. The standard InChI is InChI=1S/C25H34N6O4.C2H6/c1-24(2,3)35-23(32)30-12-8-9-16(15-30)27-20-11-7-10-17(28-20)18-14-26-21-13-19(34-6)22(25(4,5)33)29-31(18)21;1-2/h7,10-11,13-14,16,33H,8-9,12,15H2,1-6H3,(H,27,28);1-2H3. The van der Waals surface area contributed by atoms with Crippen LogP contribution in [0.1, 0.15) is 67.0 Å². The first-order chi connectivity index (χ1) is 17.4. The number of aromatic nitrogens is 4. The molecule has 10 nitrogen and oxygen atoms in total. The van der Waals surface area contributed by atoms with E-state index in [0.29, 0.717) is 47.4 Å². The fraction of sp³-hybridized carbons (Fsp3) is 0.556. The van der Waals surface area contributed by atoms with Crippen LogP contribution in [0, 0.1) is 0 Å². The molecule has 4 rings (SSSR count). The molecule has 3 aromatic rings. The average molecular weight is 513 g/mol. The number of methoxy groups -OCH3 is 1. The molecule has 1 saturated heterocycles. The molecule has 0 bridgehead atoms. The fourth-order valence-electron chi connectivity index (χ4n) is 4.11. The molecule has 0 aromatic carbocycles. The average Bonchev–Trinajstić information content (AvgIpc) is 3.26. The van der Waals surface area contributed by atoms with Crippen molar-refractivity contribution in [1.82, 2.24) is 24.5 Å². The van der Waals surface area contributed by atoms with Gasteiger partial charge in [0.05, 0.1) is 19.0 Å². The summed E-state index contributed by atoms with van der Waals surface area (Å²) >= 11 is 0. The number of fused-ring (bicyclic) bond motifs is 1. The third-order valence-corrected chi connectivity index (χ3v) is 5.69. The second kappa shape index (κ2) is 11.3. The summed E-state index contributed by atoms with van der Waals surface area (Å²) in [7, 11) is 1.54. The molecule has 0 aliphatic carbocycles. The van der Waals surface area contributed by atoms with Crippen molar-refractivity contribution < 1.29 is 19.4 Å². The van der Waals surface area contributed by atoms with Crippen LogP contribution in [0.3, 0.4) is 0 Å². The van der Waals surface area contributed by atoms with Crippen molar-refractivity contribution in [3.63, 3.8) is 0 Å². The van der Waals surface area contributed by atoms with E-state index in [-0.39, 0.29) is 12.1 Å². The minimum atomic E-state index is -1.20. The second-order valence-electron chi connectivity index (χ2n) is 10.4. The van der Waals surface area contributed by atoms with Crippen LogP contribution in [0.25, 0.3) is 17.0 Å². The molecule has 2 N–H and O–H groups in total. The Kier molecular flexibility index (Phi) is 8.63. The monoisotopic (exact) mass is 512 g/mol. The van der Waals surface area contributed by atoms with Gasteiger partial charge in [0, 0.05) is 25.2 Å². The number of ether oxygens (including phenoxy) is 2. The van der Waals surface area contributed by atoms with Gasteiger partial charge in [-0.25, -0.2) is 19.3 Å². The van der Waals surface area contributed by atoms with Crippen LogP contribution in [0.2, 0.25) is 0 Å². The molecular formula is C27H40N6O4. The molecule has 10 heteroatoms. The molecule has 1 fully saturated rings. The van der Waals surface area contributed by atoms with Crippen molar-refractivity contribution in [3.05, 3.63) is 36.2 Å². The molecule has 202 valence electrons. The van der Waals surface area contributed by atoms with Gasteiger partial charge in [-0.2, -0.15) is 5.10 Å². The number of carbonyl (C=O) groups is 1. The van der Waals surface area contributed by atoms with Gasteiger partial charge in [0.25, 0.3) is 0 Å². The molecule has 4 heterocycles. The maximum Gasteiger partial charge on any atom is 0.410 e. The van der Waals surface area contributed by atoms with E-state index in [0.717, 1.165) is 12.8 Å². The number of aliphatic hydroxyl groups is 1. The highest BCUT2D eigenvalue weighted by Crippen LogP contribution is 2.30. The third-order valence-electron chi connectivity index (χ3n) is 5.69. The van der Waals surface area contributed by atoms with Gasteiger partial charge >= 0.3 is 6.09 Å². The zero-order valence-corrected chi connectivity index (χ0v) is 23.2. The van der Waals surface area contributed by atoms with Crippen LogP contribution in [-0.4, -0.2) is 67.5 Å². The molecule has 37 heavy (non-hydrogen) atoms. The van der Waals surface area contributed by atoms with Gasteiger partial charge in [-0.15, -0.1) is 0 Å². The second-order valence-corrected chi connectivity index (χ2v) is 10.4. The molecule has 0 spiro atoms. The highest BCUT2D eigenvalue weighted by atomic mass is 16.6. The predicted molar refractivity (Wildman–Crippen MR) is 144 cm³/mol. The predicted octanol–water partition coefficient (Wildman–Crippen LogP) is 4.86. The summed E-state index contributed by atoms with van der Waals surface area (Å²) in [4.78, 5) is 23.5. The Labute approximate surface area is 219 Å². The molecule has 1 amide bonds. The number of rotatable bonds is 5. The first-order valence-electron chi connectivity index (χ1n) is 12.8.